The fourth-order valence-corrected chi connectivity index (χ4v) is 2.77. The van der Waals surface area contributed by atoms with Crippen LogP contribution in [0, 0.1) is 5.92 Å². The Labute approximate surface area is 98.1 Å². The van der Waals surface area contributed by atoms with Gasteiger partial charge < -0.3 is 9.64 Å². The Balaban J connectivity index is 1.65. The van der Waals surface area contributed by atoms with Crippen molar-refractivity contribution in [2.24, 2.45) is 5.92 Å². The fraction of sp³-hybridized carbons (Fsp3) is 0.923. The van der Waals surface area contributed by atoms with Crippen LogP contribution in [0.5, 0.6) is 0 Å². The summed E-state index contributed by atoms with van der Waals surface area (Å²) in [4.78, 5) is 13.9. The van der Waals surface area contributed by atoms with Crippen LogP contribution in [0.15, 0.2) is 0 Å². The number of hydrogen-bond acceptors (Lipinski definition) is 2. The maximum Gasteiger partial charge on any atom is 0.222 e. The second-order valence-electron chi connectivity index (χ2n) is 5.04. The molecule has 0 aromatic heterocycles. The zero-order valence-corrected chi connectivity index (χ0v) is 10.1. The van der Waals surface area contributed by atoms with Crippen LogP contribution in [0.4, 0.5) is 0 Å². The van der Waals surface area contributed by atoms with E-state index in [1.807, 2.05) is 4.90 Å². The highest BCUT2D eigenvalue weighted by molar-refractivity contribution is 5.76. The quantitative estimate of drug-likeness (QED) is 0.737. The number of nitrogens with zero attached hydrogens (tertiary/aromatic N) is 1. The van der Waals surface area contributed by atoms with E-state index in [-0.39, 0.29) is 0 Å². The first kappa shape index (κ1) is 11.9. The number of hydrogen-bond donors (Lipinski definition) is 0. The van der Waals surface area contributed by atoms with Gasteiger partial charge in [-0.15, -0.1) is 0 Å². The van der Waals surface area contributed by atoms with Gasteiger partial charge in [-0.25, -0.2) is 0 Å². The Morgan fingerprint density at radius 1 is 1.12 bits per heavy atom. The van der Waals surface area contributed by atoms with Crippen molar-refractivity contribution in [3.63, 3.8) is 0 Å². The van der Waals surface area contributed by atoms with Gasteiger partial charge in [0.2, 0.25) is 5.91 Å². The molecule has 2 aliphatic rings. The van der Waals surface area contributed by atoms with Gasteiger partial charge in [0, 0.05) is 19.5 Å². The van der Waals surface area contributed by atoms with E-state index >= 15 is 0 Å². The van der Waals surface area contributed by atoms with Gasteiger partial charge in [-0.2, -0.15) is 0 Å². The molecule has 2 rings (SSSR count). The van der Waals surface area contributed by atoms with Gasteiger partial charge in [0.15, 0.2) is 0 Å². The largest absolute Gasteiger partial charge is 0.378 e. The van der Waals surface area contributed by atoms with Gasteiger partial charge in [-0.3, -0.25) is 4.79 Å². The van der Waals surface area contributed by atoms with Crippen molar-refractivity contribution in [2.75, 3.05) is 26.3 Å². The molecule has 0 aromatic carbocycles. The van der Waals surface area contributed by atoms with Gasteiger partial charge in [-0.05, 0) is 12.3 Å². The van der Waals surface area contributed by atoms with E-state index in [0.29, 0.717) is 5.91 Å². The van der Waals surface area contributed by atoms with E-state index < -0.39 is 0 Å². The van der Waals surface area contributed by atoms with E-state index in [1.165, 1.54) is 32.1 Å². The van der Waals surface area contributed by atoms with Gasteiger partial charge >= 0.3 is 0 Å². The topological polar surface area (TPSA) is 29.5 Å². The molecular formula is C13H23NO2. The number of morpholine rings is 1. The summed E-state index contributed by atoms with van der Waals surface area (Å²) < 4.78 is 5.25. The third-order valence-corrected chi connectivity index (χ3v) is 3.85. The maximum absolute atomic E-state index is 11.9. The summed E-state index contributed by atoms with van der Waals surface area (Å²) >= 11 is 0. The third-order valence-electron chi connectivity index (χ3n) is 3.85. The summed E-state index contributed by atoms with van der Waals surface area (Å²) in [6.45, 7) is 3.03. The van der Waals surface area contributed by atoms with Crippen molar-refractivity contribution < 1.29 is 9.53 Å². The molecule has 1 saturated heterocycles. The molecule has 0 N–H and O–H groups in total. The molecule has 0 atom stereocenters. The number of amides is 1. The smallest absolute Gasteiger partial charge is 0.222 e. The van der Waals surface area contributed by atoms with Gasteiger partial charge in [0.1, 0.15) is 0 Å². The Bertz CT molecular complexity index is 218. The summed E-state index contributed by atoms with van der Waals surface area (Å²) in [7, 11) is 0. The number of ether oxygens (including phenoxy) is 1. The lowest BCUT2D eigenvalue weighted by molar-refractivity contribution is -0.135. The van der Waals surface area contributed by atoms with Crippen LogP contribution in [0.2, 0.25) is 0 Å². The van der Waals surface area contributed by atoms with Crippen LogP contribution in [0.25, 0.3) is 0 Å². The Hall–Kier alpha value is -0.570. The van der Waals surface area contributed by atoms with E-state index in [2.05, 4.69) is 0 Å². The number of carbonyl (C=O) groups is 1. The average Bonchev–Trinajstić information content (AvgIpc) is 2.38. The van der Waals surface area contributed by atoms with Crippen LogP contribution in [-0.2, 0) is 9.53 Å². The van der Waals surface area contributed by atoms with Crippen LogP contribution in [0.3, 0.4) is 0 Å². The second kappa shape index (κ2) is 6.24. The summed E-state index contributed by atoms with van der Waals surface area (Å²) in [5.41, 5.74) is 0. The molecule has 1 saturated carbocycles. The highest BCUT2D eigenvalue weighted by Crippen LogP contribution is 2.27. The fourth-order valence-electron chi connectivity index (χ4n) is 2.77. The van der Waals surface area contributed by atoms with Crippen molar-refractivity contribution in [1.29, 1.82) is 0 Å². The van der Waals surface area contributed by atoms with Gasteiger partial charge in [0.25, 0.3) is 0 Å². The summed E-state index contributed by atoms with van der Waals surface area (Å²) in [6, 6.07) is 0. The number of carbonyl (C=O) groups excluding carboxylic acids is 1. The third kappa shape index (κ3) is 3.48. The molecule has 0 radical (unpaired) electrons. The molecule has 0 aromatic rings. The average molecular weight is 225 g/mol. The molecule has 3 nitrogen and oxygen atoms in total. The first-order valence-corrected chi connectivity index (χ1v) is 6.72. The van der Waals surface area contributed by atoms with Gasteiger partial charge in [-0.1, -0.05) is 32.1 Å². The zero-order chi connectivity index (χ0) is 11.2. The SMILES string of the molecule is O=C(CCC1CCCCC1)N1CCOCC1. The van der Waals surface area contributed by atoms with Gasteiger partial charge in [0.05, 0.1) is 13.2 Å². The predicted octanol–water partition coefficient (Wildman–Crippen LogP) is 2.21. The lowest BCUT2D eigenvalue weighted by Crippen LogP contribution is -2.40. The lowest BCUT2D eigenvalue weighted by Gasteiger charge is -2.28. The van der Waals surface area contributed by atoms with Crippen molar-refractivity contribution in [3.8, 4) is 0 Å². The minimum Gasteiger partial charge on any atom is -0.378 e. The standard InChI is InChI=1S/C13H23NO2/c15-13(14-8-10-16-11-9-14)7-6-12-4-2-1-3-5-12/h12H,1-11H2. The summed E-state index contributed by atoms with van der Waals surface area (Å²) in [6.07, 6.45) is 8.69. The predicted molar refractivity (Wildman–Crippen MR) is 63.2 cm³/mol. The van der Waals surface area contributed by atoms with Crippen molar-refractivity contribution in [3.05, 3.63) is 0 Å². The molecule has 0 unspecified atom stereocenters. The van der Waals surface area contributed by atoms with E-state index in [1.54, 1.807) is 0 Å². The minimum atomic E-state index is 0.342. The Kier molecular flexibility index (Phi) is 4.64. The lowest BCUT2D eigenvalue weighted by atomic mass is 9.86. The Morgan fingerprint density at radius 2 is 1.81 bits per heavy atom. The van der Waals surface area contributed by atoms with Crippen molar-refractivity contribution in [2.45, 2.75) is 44.9 Å². The molecule has 2 fully saturated rings. The molecular weight excluding hydrogens is 202 g/mol. The molecule has 1 aliphatic carbocycles. The second-order valence-corrected chi connectivity index (χ2v) is 5.04. The molecule has 16 heavy (non-hydrogen) atoms. The summed E-state index contributed by atoms with van der Waals surface area (Å²) in [5, 5.41) is 0. The molecule has 3 heteroatoms. The van der Waals surface area contributed by atoms with Crippen LogP contribution < -0.4 is 0 Å². The molecule has 1 aliphatic heterocycles. The number of rotatable bonds is 3. The van der Waals surface area contributed by atoms with Crippen LogP contribution in [0.1, 0.15) is 44.9 Å². The van der Waals surface area contributed by atoms with Crippen molar-refractivity contribution >= 4 is 5.91 Å². The highest BCUT2D eigenvalue weighted by atomic mass is 16.5. The molecule has 1 amide bonds. The van der Waals surface area contributed by atoms with E-state index in [4.69, 9.17) is 4.74 Å². The molecule has 0 spiro atoms. The Morgan fingerprint density at radius 3 is 2.50 bits per heavy atom. The monoisotopic (exact) mass is 225 g/mol. The maximum atomic E-state index is 11.9. The minimum absolute atomic E-state index is 0.342. The summed E-state index contributed by atoms with van der Waals surface area (Å²) in [5.74, 6) is 1.16. The first-order valence-electron chi connectivity index (χ1n) is 6.72. The van der Waals surface area contributed by atoms with E-state index in [0.717, 1.165) is 45.1 Å². The van der Waals surface area contributed by atoms with Crippen LogP contribution in [-0.4, -0.2) is 37.1 Å². The molecule has 92 valence electrons. The van der Waals surface area contributed by atoms with Crippen molar-refractivity contribution in [1.82, 2.24) is 4.90 Å². The van der Waals surface area contributed by atoms with Crippen LogP contribution >= 0.6 is 0 Å². The first-order chi connectivity index (χ1) is 7.86. The normalized spacial score (nSPS) is 23.4. The van der Waals surface area contributed by atoms with E-state index in [9.17, 15) is 4.79 Å². The molecule has 0 bridgehead atoms. The highest BCUT2D eigenvalue weighted by Gasteiger charge is 2.19. The molecule has 1 heterocycles. The zero-order valence-electron chi connectivity index (χ0n) is 10.1.